The number of likely N-dealkylation sites (tertiary alicyclic amines) is 1. The minimum absolute atomic E-state index is 0.361. The number of hydrogen-bond donors (Lipinski definition) is 1. The molecule has 0 amide bonds. The minimum atomic E-state index is 0.361. The SMILES string of the molecule is CCNC(CCN1CC(C)C(C)C1)c1ccccc1Cl. The van der Waals surface area contributed by atoms with Crippen molar-refractivity contribution in [3.8, 4) is 0 Å². The van der Waals surface area contributed by atoms with Gasteiger partial charge in [-0.1, -0.05) is 50.6 Å². The largest absolute Gasteiger partial charge is 0.310 e. The number of nitrogens with one attached hydrogen (secondary N) is 1. The highest BCUT2D eigenvalue weighted by atomic mass is 35.5. The van der Waals surface area contributed by atoms with Gasteiger partial charge in [0.15, 0.2) is 0 Å². The lowest BCUT2D eigenvalue weighted by molar-refractivity contribution is 0.299. The average molecular weight is 295 g/mol. The van der Waals surface area contributed by atoms with Gasteiger partial charge in [0.2, 0.25) is 0 Å². The second kappa shape index (κ2) is 7.44. The van der Waals surface area contributed by atoms with Crippen LogP contribution in [0.3, 0.4) is 0 Å². The van der Waals surface area contributed by atoms with E-state index < -0.39 is 0 Å². The van der Waals surface area contributed by atoms with Crippen LogP contribution in [0.15, 0.2) is 24.3 Å². The van der Waals surface area contributed by atoms with Gasteiger partial charge in [-0.25, -0.2) is 0 Å². The topological polar surface area (TPSA) is 15.3 Å². The molecule has 0 spiro atoms. The number of rotatable bonds is 6. The highest BCUT2D eigenvalue weighted by Crippen LogP contribution is 2.27. The van der Waals surface area contributed by atoms with Crippen molar-refractivity contribution in [3.63, 3.8) is 0 Å². The maximum absolute atomic E-state index is 6.34. The summed E-state index contributed by atoms with van der Waals surface area (Å²) >= 11 is 6.34. The van der Waals surface area contributed by atoms with E-state index in [-0.39, 0.29) is 0 Å². The van der Waals surface area contributed by atoms with Gasteiger partial charge in [0.1, 0.15) is 0 Å². The molecule has 20 heavy (non-hydrogen) atoms. The molecule has 3 unspecified atom stereocenters. The molecule has 1 N–H and O–H groups in total. The lowest BCUT2D eigenvalue weighted by Gasteiger charge is -2.23. The van der Waals surface area contributed by atoms with Crippen molar-refractivity contribution < 1.29 is 0 Å². The van der Waals surface area contributed by atoms with Gasteiger partial charge in [0, 0.05) is 24.2 Å². The van der Waals surface area contributed by atoms with Crippen LogP contribution in [0, 0.1) is 11.8 Å². The summed E-state index contributed by atoms with van der Waals surface area (Å²) in [4.78, 5) is 2.59. The van der Waals surface area contributed by atoms with E-state index >= 15 is 0 Å². The van der Waals surface area contributed by atoms with E-state index in [0.717, 1.165) is 36.4 Å². The maximum Gasteiger partial charge on any atom is 0.0453 e. The quantitative estimate of drug-likeness (QED) is 0.854. The Hall–Kier alpha value is -0.570. The summed E-state index contributed by atoms with van der Waals surface area (Å²) in [7, 11) is 0. The molecule has 0 bridgehead atoms. The zero-order chi connectivity index (χ0) is 14.5. The first-order valence-corrected chi connectivity index (χ1v) is 8.19. The van der Waals surface area contributed by atoms with Gasteiger partial charge in [-0.05, 0) is 43.0 Å². The third-order valence-corrected chi connectivity index (χ3v) is 4.87. The number of nitrogens with zero attached hydrogens (tertiary/aromatic N) is 1. The Labute approximate surface area is 128 Å². The molecular formula is C17H27ClN2. The highest BCUT2D eigenvalue weighted by molar-refractivity contribution is 6.31. The Balaban J connectivity index is 1.95. The Morgan fingerprint density at radius 1 is 1.25 bits per heavy atom. The third kappa shape index (κ3) is 3.97. The predicted molar refractivity (Wildman–Crippen MR) is 87.3 cm³/mol. The van der Waals surface area contributed by atoms with Crippen molar-refractivity contribution in [2.45, 2.75) is 33.2 Å². The first-order chi connectivity index (χ1) is 9.61. The van der Waals surface area contributed by atoms with Crippen LogP contribution in [0.4, 0.5) is 0 Å². The molecule has 1 saturated heterocycles. The fourth-order valence-corrected chi connectivity index (χ4v) is 3.38. The standard InChI is InChI=1S/C17H27ClN2/c1-4-19-17(15-7-5-6-8-16(15)18)9-10-20-11-13(2)14(3)12-20/h5-8,13-14,17,19H,4,9-12H2,1-3H3. The monoisotopic (exact) mass is 294 g/mol. The first-order valence-electron chi connectivity index (χ1n) is 7.82. The van der Waals surface area contributed by atoms with Crippen molar-refractivity contribution >= 4 is 11.6 Å². The van der Waals surface area contributed by atoms with Crippen LogP contribution >= 0.6 is 11.6 Å². The molecule has 3 heteroatoms. The molecule has 1 aliphatic heterocycles. The molecule has 0 radical (unpaired) electrons. The van der Waals surface area contributed by atoms with E-state index in [9.17, 15) is 0 Å². The van der Waals surface area contributed by atoms with Crippen LogP contribution < -0.4 is 5.32 Å². The Kier molecular flexibility index (Phi) is 5.88. The summed E-state index contributed by atoms with van der Waals surface area (Å²) in [6.07, 6.45) is 1.12. The first kappa shape index (κ1) is 15.8. The molecule has 1 heterocycles. The smallest absolute Gasteiger partial charge is 0.0453 e. The Bertz CT molecular complexity index is 411. The van der Waals surface area contributed by atoms with E-state index in [1.54, 1.807) is 0 Å². The zero-order valence-electron chi connectivity index (χ0n) is 12.9. The number of hydrogen-bond acceptors (Lipinski definition) is 2. The highest BCUT2D eigenvalue weighted by Gasteiger charge is 2.26. The molecular weight excluding hydrogens is 268 g/mol. The molecule has 1 fully saturated rings. The van der Waals surface area contributed by atoms with E-state index in [0.29, 0.717) is 6.04 Å². The normalized spacial score (nSPS) is 25.0. The summed E-state index contributed by atoms with van der Waals surface area (Å²) in [5, 5.41) is 4.45. The van der Waals surface area contributed by atoms with Crippen molar-refractivity contribution in [1.82, 2.24) is 10.2 Å². The van der Waals surface area contributed by atoms with Gasteiger partial charge in [-0.15, -0.1) is 0 Å². The van der Waals surface area contributed by atoms with Gasteiger partial charge in [0.25, 0.3) is 0 Å². The van der Waals surface area contributed by atoms with Gasteiger partial charge >= 0.3 is 0 Å². The second-order valence-corrected chi connectivity index (χ2v) is 6.54. The van der Waals surface area contributed by atoms with Crippen LogP contribution in [0.2, 0.25) is 5.02 Å². The summed E-state index contributed by atoms with van der Waals surface area (Å²) < 4.78 is 0. The average Bonchev–Trinajstić information content (AvgIpc) is 2.75. The molecule has 2 rings (SSSR count). The summed E-state index contributed by atoms with van der Waals surface area (Å²) in [5.74, 6) is 1.65. The molecule has 1 aromatic rings. The van der Waals surface area contributed by atoms with Crippen molar-refractivity contribution in [2.75, 3.05) is 26.2 Å². The molecule has 0 aliphatic carbocycles. The second-order valence-electron chi connectivity index (χ2n) is 6.13. The number of halogens is 1. The van der Waals surface area contributed by atoms with Crippen LogP contribution in [0.25, 0.3) is 0 Å². The van der Waals surface area contributed by atoms with Crippen molar-refractivity contribution in [1.29, 1.82) is 0 Å². The Morgan fingerprint density at radius 2 is 1.90 bits per heavy atom. The van der Waals surface area contributed by atoms with Crippen molar-refractivity contribution in [2.24, 2.45) is 11.8 Å². The van der Waals surface area contributed by atoms with Gasteiger partial charge in [0.05, 0.1) is 0 Å². The number of benzene rings is 1. The molecule has 0 saturated carbocycles. The summed E-state index contributed by atoms with van der Waals surface area (Å²) in [6, 6.07) is 8.57. The summed E-state index contributed by atoms with van der Waals surface area (Å²) in [6.45, 7) is 11.5. The van der Waals surface area contributed by atoms with Gasteiger partial charge in [-0.3, -0.25) is 0 Å². The molecule has 2 nitrogen and oxygen atoms in total. The molecule has 1 aliphatic rings. The van der Waals surface area contributed by atoms with Gasteiger partial charge < -0.3 is 10.2 Å². The molecule has 1 aromatic carbocycles. The molecule has 0 aromatic heterocycles. The fourth-order valence-electron chi connectivity index (χ4n) is 3.11. The lowest BCUT2D eigenvalue weighted by atomic mass is 10.0. The van der Waals surface area contributed by atoms with Crippen LogP contribution in [-0.4, -0.2) is 31.1 Å². The van der Waals surface area contributed by atoms with Crippen LogP contribution in [0.5, 0.6) is 0 Å². The van der Waals surface area contributed by atoms with E-state index in [4.69, 9.17) is 11.6 Å². The Morgan fingerprint density at radius 3 is 2.50 bits per heavy atom. The van der Waals surface area contributed by atoms with E-state index in [1.807, 2.05) is 12.1 Å². The van der Waals surface area contributed by atoms with Crippen molar-refractivity contribution in [3.05, 3.63) is 34.9 Å². The molecule has 3 atom stereocenters. The fraction of sp³-hybridized carbons (Fsp3) is 0.647. The summed E-state index contributed by atoms with van der Waals surface area (Å²) in [5.41, 5.74) is 1.23. The van der Waals surface area contributed by atoms with E-state index in [2.05, 4.69) is 43.1 Å². The third-order valence-electron chi connectivity index (χ3n) is 4.53. The van der Waals surface area contributed by atoms with E-state index in [1.165, 1.54) is 18.7 Å². The minimum Gasteiger partial charge on any atom is -0.310 e. The van der Waals surface area contributed by atoms with Crippen LogP contribution in [-0.2, 0) is 0 Å². The van der Waals surface area contributed by atoms with Gasteiger partial charge in [-0.2, -0.15) is 0 Å². The molecule has 112 valence electrons. The lowest BCUT2D eigenvalue weighted by Crippen LogP contribution is -2.28. The zero-order valence-corrected chi connectivity index (χ0v) is 13.7. The van der Waals surface area contributed by atoms with Crippen LogP contribution in [0.1, 0.15) is 38.8 Å². The predicted octanol–water partition coefficient (Wildman–Crippen LogP) is 3.97. The maximum atomic E-state index is 6.34.